The van der Waals surface area contributed by atoms with E-state index in [4.69, 9.17) is 4.74 Å². The number of anilines is 2. The predicted octanol–water partition coefficient (Wildman–Crippen LogP) is 2.14. The number of cyclic esters (lactones) is 1. The Labute approximate surface area is 178 Å². The Kier molecular flexibility index (Phi) is 5.62. The minimum atomic E-state index is -0.566. The number of hydrogen-bond acceptors (Lipinski definition) is 6. The van der Waals surface area contributed by atoms with Crippen LogP contribution in [0, 0.1) is 5.82 Å². The van der Waals surface area contributed by atoms with Crippen molar-refractivity contribution >= 4 is 29.2 Å². The standard InChI is InChI=1S/C21H24FN5O4/c1-13(28)15-8-24-27(10-15)17-5-6-25(11-17)20-4-3-16(7-19(20)22)26-12-18(31-21(26)30)9-23-14(2)29/h3-4,7-8,10,17-18H,5-6,9,11-12H2,1-2H3,(H,23,29)/t17-,18+/m1/s1. The third-order valence-corrected chi connectivity index (χ3v) is 5.58. The summed E-state index contributed by atoms with van der Waals surface area (Å²) < 4.78 is 21.9. The molecule has 2 aliphatic rings. The fraction of sp³-hybridized carbons (Fsp3) is 0.429. The number of ether oxygens (including phenoxy) is 1. The first-order chi connectivity index (χ1) is 14.8. The van der Waals surface area contributed by atoms with Crippen molar-refractivity contribution < 1.29 is 23.5 Å². The lowest BCUT2D eigenvalue weighted by atomic mass is 10.2. The highest BCUT2D eigenvalue weighted by molar-refractivity contribution is 5.93. The van der Waals surface area contributed by atoms with E-state index < -0.39 is 18.0 Å². The molecular weight excluding hydrogens is 405 g/mol. The normalized spacial score (nSPS) is 20.8. The smallest absolute Gasteiger partial charge is 0.414 e. The monoisotopic (exact) mass is 429 g/mol. The molecule has 3 heterocycles. The van der Waals surface area contributed by atoms with Crippen LogP contribution < -0.4 is 15.1 Å². The van der Waals surface area contributed by atoms with Crippen LogP contribution in [0.4, 0.5) is 20.6 Å². The number of nitrogens with zero attached hydrogens (tertiary/aromatic N) is 4. The highest BCUT2D eigenvalue weighted by atomic mass is 19.1. The Morgan fingerprint density at radius 3 is 2.77 bits per heavy atom. The van der Waals surface area contributed by atoms with Crippen molar-refractivity contribution in [2.45, 2.75) is 32.4 Å². The Balaban J connectivity index is 1.42. The number of aromatic nitrogens is 2. The van der Waals surface area contributed by atoms with E-state index in [9.17, 15) is 18.8 Å². The molecule has 1 aromatic heterocycles. The number of amides is 2. The average molecular weight is 429 g/mol. The van der Waals surface area contributed by atoms with Crippen molar-refractivity contribution in [3.05, 3.63) is 42.0 Å². The molecule has 2 amide bonds. The quantitative estimate of drug-likeness (QED) is 0.707. The Hall–Kier alpha value is -3.43. The summed E-state index contributed by atoms with van der Waals surface area (Å²) >= 11 is 0. The molecule has 0 bridgehead atoms. The van der Waals surface area contributed by atoms with Gasteiger partial charge in [-0.25, -0.2) is 9.18 Å². The van der Waals surface area contributed by atoms with Crippen LogP contribution in [0.5, 0.6) is 0 Å². The van der Waals surface area contributed by atoms with Gasteiger partial charge in [-0.2, -0.15) is 5.10 Å². The molecule has 0 unspecified atom stereocenters. The number of rotatable bonds is 6. The van der Waals surface area contributed by atoms with Gasteiger partial charge in [0.1, 0.15) is 11.9 Å². The van der Waals surface area contributed by atoms with E-state index in [-0.39, 0.29) is 30.8 Å². The summed E-state index contributed by atoms with van der Waals surface area (Å²) in [5.74, 6) is -0.676. The molecule has 0 radical (unpaired) electrons. The van der Waals surface area contributed by atoms with Gasteiger partial charge >= 0.3 is 6.09 Å². The van der Waals surface area contributed by atoms with E-state index in [0.29, 0.717) is 30.0 Å². The van der Waals surface area contributed by atoms with Crippen LogP contribution in [0.25, 0.3) is 0 Å². The highest BCUT2D eigenvalue weighted by Gasteiger charge is 2.33. The molecule has 1 aromatic carbocycles. The van der Waals surface area contributed by atoms with Gasteiger partial charge in [0.2, 0.25) is 5.91 Å². The maximum Gasteiger partial charge on any atom is 0.414 e. The van der Waals surface area contributed by atoms with Gasteiger partial charge in [-0.1, -0.05) is 0 Å². The zero-order valence-electron chi connectivity index (χ0n) is 17.4. The number of Topliss-reactive ketones (excluding diaryl/α,β-unsaturated/α-hetero) is 1. The lowest BCUT2D eigenvalue weighted by Crippen LogP contribution is -2.33. The summed E-state index contributed by atoms with van der Waals surface area (Å²) in [6.45, 7) is 4.56. The predicted molar refractivity (Wildman–Crippen MR) is 111 cm³/mol. The molecule has 164 valence electrons. The summed E-state index contributed by atoms with van der Waals surface area (Å²) in [7, 11) is 0. The second kappa shape index (κ2) is 8.37. The zero-order chi connectivity index (χ0) is 22.1. The lowest BCUT2D eigenvalue weighted by Gasteiger charge is -2.21. The largest absolute Gasteiger partial charge is 0.442 e. The van der Waals surface area contributed by atoms with Crippen molar-refractivity contribution in [2.75, 3.05) is 36.0 Å². The molecular formula is C21H24FN5O4. The molecule has 9 nitrogen and oxygen atoms in total. The number of hydrogen-bond donors (Lipinski definition) is 1. The molecule has 0 spiro atoms. The number of halogens is 1. The molecule has 4 rings (SSSR count). The van der Waals surface area contributed by atoms with Gasteiger partial charge in [0.05, 0.1) is 42.3 Å². The van der Waals surface area contributed by atoms with Crippen LogP contribution in [0.15, 0.2) is 30.6 Å². The molecule has 2 aromatic rings. The lowest BCUT2D eigenvalue weighted by molar-refractivity contribution is -0.119. The Bertz CT molecular complexity index is 1020. The van der Waals surface area contributed by atoms with Gasteiger partial charge in [0, 0.05) is 26.2 Å². The molecule has 2 saturated heterocycles. The van der Waals surface area contributed by atoms with Gasteiger partial charge in [-0.15, -0.1) is 0 Å². The fourth-order valence-electron chi connectivity index (χ4n) is 3.91. The van der Waals surface area contributed by atoms with Gasteiger partial charge < -0.3 is 15.0 Å². The second-order valence-corrected chi connectivity index (χ2v) is 7.84. The number of ketones is 1. The van der Waals surface area contributed by atoms with Gasteiger partial charge in [0.25, 0.3) is 0 Å². The fourth-order valence-corrected chi connectivity index (χ4v) is 3.91. The summed E-state index contributed by atoms with van der Waals surface area (Å²) in [5, 5.41) is 6.88. The van der Waals surface area contributed by atoms with Gasteiger partial charge in [0.15, 0.2) is 5.78 Å². The Morgan fingerprint density at radius 2 is 2.10 bits per heavy atom. The van der Waals surface area contributed by atoms with Crippen LogP contribution in [-0.2, 0) is 9.53 Å². The van der Waals surface area contributed by atoms with Crippen LogP contribution >= 0.6 is 0 Å². The average Bonchev–Trinajstić information content (AvgIpc) is 3.45. The van der Waals surface area contributed by atoms with Gasteiger partial charge in [-0.05, 0) is 31.5 Å². The molecule has 2 atom stereocenters. The Morgan fingerprint density at radius 1 is 1.29 bits per heavy atom. The molecule has 1 N–H and O–H groups in total. The van der Waals surface area contributed by atoms with E-state index in [0.717, 1.165) is 6.42 Å². The van der Waals surface area contributed by atoms with Crippen LogP contribution in [0.3, 0.4) is 0 Å². The molecule has 2 fully saturated rings. The zero-order valence-corrected chi connectivity index (χ0v) is 17.4. The first-order valence-electron chi connectivity index (χ1n) is 10.1. The molecule has 0 saturated carbocycles. The summed E-state index contributed by atoms with van der Waals surface area (Å²) in [5.41, 5.74) is 1.42. The molecule has 2 aliphatic heterocycles. The van der Waals surface area contributed by atoms with Crippen molar-refractivity contribution in [1.29, 1.82) is 0 Å². The van der Waals surface area contributed by atoms with Crippen molar-refractivity contribution in [1.82, 2.24) is 15.1 Å². The third kappa shape index (κ3) is 4.37. The third-order valence-electron chi connectivity index (χ3n) is 5.58. The first-order valence-corrected chi connectivity index (χ1v) is 10.1. The maximum atomic E-state index is 14.9. The summed E-state index contributed by atoms with van der Waals surface area (Å²) in [6.07, 6.45) is 3.01. The molecule has 31 heavy (non-hydrogen) atoms. The van der Waals surface area contributed by atoms with Crippen LogP contribution in [0.2, 0.25) is 0 Å². The molecule has 0 aliphatic carbocycles. The van der Waals surface area contributed by atoms with Crippen molar-refractivity contribution in [2.24, 2.45) is 0 Å². The van der Waals surface area contributed by atoms with Crippen LogP contribution in [0.1, 0.15) is 36.7 Å². The van der Waals surface area contributed by atoms with E-state index in [1.54, 1.807) is 29.2 Å². The minimum Gasteiger partial charge on any atom is -0.442 e. The SMILES string of the molecule is CC(=O)NC[C@H]1CN(c2ccc(N3CC[C@@H](n4cc(C(C)=O)cn4)C3)c(F)c2)C(=O)O1. The highest BCUT2D eigenvalue weighted by Crippen LogP contribution is 2.32. The second-order valence-electron chi connectivity index (χ2n) is 7.84. The van der Waals surface area contributed by atoms with E-state index in [2.05, 4.69) is 10.4 Å². The number of nitrogens with one attached hydrogen (secondary N) is 1. The topological polar surface area (TPSA) is 96.8 Å². The number of benzene rings is 1. The van der Waals surface area contributed by atoms with Crippen molar-refractivity contribution in [3.8, 4) is 0 Å². The van der Waals surface area contributed by atoms with E-state index in [1.165, 1.54) is 24.8 Å². The van der Waals surface area contributed by atoms with Crippen molar-refractivity contribution in [3.63, 3.8) is 0 Å². The number of carbonyl (C=O) groups excluding carboxylic acids is 3. The number of carbonyl (C=O) groups is 3. The first kappa shape index (κ1) is 20.8. The minimum absolute atomic E-state index is 0.0394. The summed E-state index contributed by atoms with van der Waals surface area (Å²) in [6, 6.07) is 4.73. The van der Waals surface area contributed by atoms with Gasteiger partial charge in [-0.3, -0.25) is 19.2 Å². The van der Waals surface area contributed by atoms with E-state index in [1.807, 2.05) is 4.90 Å². The summed E-state index contributed by atoms with van der Waals surface area (Å²) in [4.78, 5) is 38.0. The maximum absolute atomic E-state index is 14.9. The van der Waals surface area contributed by atoms with E-state index >= 15 is 0 Å². The van der Waals surface area contributed by atoms with Crippen LogP contribution in [-0.4, -0.2) is 59.8 Å². The molecule has 10 heteroatoms.